The predicted molar refractivity (Wildman–Crippen MR) is 82.4 cm³/mol. The first-order valence-corrected chi connectivity index (χ1v) is 6.77. The average molecular weight is 293 g/mol. The lowest BCUT2D eigenvalue weighted by molar-refractivity contribution is -0.132. The highest BCUT2D eigenvalue weighted by Crippen LogP contribution is 2.22. The molecule has 0 radical (unpaired) electrons. The summed E-state index contributed by atoms with van der Waals surface area (Å²) in [6.45, 7) is 2.72. The van der Waals surface area contributed by atoms with Gasteiger partial charge in [-0.15, -0.1) is 0 Å². The summed E-state index contributed by atoms with van der Waals surface area (Å²) in [5.41, 5.74) is 0.598. The number of ether oxygens (including phenoxy) is 1. The van der Waals surface area contributed by atoms with Crippen LogP contribution in [0.3, 0.4) is 0 Å². The van der Waals surface area contributed by atoms with E-state index in [0.29, 0.717) is 24.5 Å². The SMILES string of the molecule is COc1ccccc1NC(=O)CN(CCN(C)C)C(C)=O. The zero-order valence-corrected chi connectivity index (χ0v) is 13.0. The number of rotatable bonds is 7. The minimum atomic E-state index is -0.242. The van der Waals surface area contributed by atoms with Crippen LogP contribution in [0.4, 0.5) is 5.69 Å². The smallest absolute Gasteiger partial charge is 0.244 e. The minimum absolute atomic E-state index is 0.0290. The van der Waals surface area contributed by atoms with Crippen LogP contribution in [0.5, 0.6) is 5.75 Å². The number of nitrogens with one attached hydrogen (secondary N) is 1. The summed E-state index contributed by atoms with van der Waals surface area (Å²) in [6, 6.07) is 7.17. The van der Waals surface area contributed by atoms with Gasteiger partial charge in [0.25, 0.3) is 0 Å². The zero-order chi connectivity index (χ0) is 15.8. The van der Waals surface area contributed by atoms with E-state index in [-0.39, 0.29) is 18.4 Å². The van der Waals surface area contributed by atoms with E-state index in [1.165, 1.54) is 11.8 Å². The van der Waals surface area contributed by atoms with Crippen molar-refractivity contribution in [3.8, 4) is 5.75 Å². The molecule has 1 aromatic carbocycles. The van der Waals surface area contributed by atoms with Crippen molar-refractivity contribution in [3.63, 3.8) is 0 Å². The number of amides is 2. The maximum absolute atomic E-state index is 12.1. The number of carbonyl (C=O) groups excluding carboxylic acids is 2. The summed E-state index contributed by atoms with van der Waals surface area (Å²) in [6.07, 6.45) is 0. The standard InChI is InChI=1S/C15H23N3O3/c1-12(19)18(10-9-17(2)3)11-15(20)16-13-7-5-6-8-14(13)21-4/h5-8H,9-11H2,1-4H3,(H,16,20). The first-order chi connectivity index (χ1) is 9.93. The summed E-state index contributed by atoms with van der Waals surface area (Å²) < 4.78 is 5.18. The fourth-order valence-corrected chi connectivity index (χ4v) is 1.78. The van der Waals surface area contributed by atoms with Gasteiger partial charge in [-0.2, -0.15) is 0 Å². The molecule has 6 heteroatoms. The van der Waals surface area contributed by atoms with Gasteiger partial charge in [-0.25, -0.2) is 0 Å². The van der Waals surface area contributed by atoms with Crippen LogP contribution < -0.4 is 10.1 Å². The van der Waals surface area contributed by atoms with E-state index < -0.39 is 0 Å². The summed E-state index contributed by atoms with van der Waals surface area (Å²) in [4.78, 5) is 27.1. The second-order valence-electron chi connectivity index (χ2n) is 4.99. The van der Waals surface area contributed by atoms with E-state index in [2.05, 4.69) is 5.32 Å². The molecule has 2 amide bonds. The van der Waals surface area contributed by atoms with Crippen LogP contribution in [0, 0.1) is 0 Å². The van der Waals surface area contributed by atoms with Gasteiger partial charge in [0.1, 0.15) is 5.75 Å². The molecule has 0 aliphatic rings. The molecular formula is C15H23N3O3. The van der Waals surface area contributed by atoms with E-state index in [1.807, 2.05) is 31.1 Å². The van der Waals surface area contributed by atoms with Crippen molar-refractivity contribution in [3.05, 3.63) is 24.3 Å². The molecule has 0 spiro atoms. The van der Waals surface area contributed by atoms with Gasteiger partial charge in [0.2, 0.25) is 11.8 Å². The highest BCUT2D eigenvalue weighted by molar-refractivity contribution is 5.95. The fourth-order valence-electron chi connectivity index (χ4n) is 1.78. The Morgan fingerprint density at radius 2 is 1.86 bits per heavy atom. The number of para-hydroxylation sites is 2. The first-order valence-electron chi connectivity index (χ1n) is 6.77. The molecule has 1 aromatic rings. The number of benzene rings is 1. The van der Waals surface area contributed by atoms with Gasteiger partial charge < -0.3 is 19.9 Å². The molecule has 0 heterocycles. The molecule has 116 valence electrons. The summed E-state index contributed by atoms with van der Waals surface area (Å²) in [5, 5.41) is 2.76. The number of methoxy groups -OCH3 is 1. The molecule has 0 saturated heterocycles. The van der Waals surface area contributed by atoms with Crippen LogP contribution in [0.25, 0.3) is 0 Å². The van der Waals surface area contributed by atoms with Crippen molar-refractivity contribution in [1.82, 2.24) is 9.80 Å². The van der Waals surface area contributed by atoms with E-state index in [9.17, 15) is 9.59 Å². The van der Waals surface area contributed by atoms with Crippen LogP contribution in [0.2, 0.25) is 0 Å². The third-order valence-corrected chi connectivity index (χ3v) is 2.98. The molecule has 0 aromatic heterocycles. The van der Waals surface area contributed by atoms with Gasteiger partial charge in [-0.05, 0) is 26.2 Å². The molecule has 0 aliphatic carbocycles. The Bertz CT molecular complexity index is 489. The molecule has 6 nitrogen and oxygen atoms in total. The van der Waals surface area contributed by atoms with Gasteiger partial charge in [0.05, 0.1) is 19.3 Å². The van der Waals surface area contributed by atoms with Crippen LogP contribution in [-0.4, -0.2) is 62.5 Å². The molecule has 0 atom stereocenters. The van der Waals surface area contributed by atoms with Gasteiger partial charge in [0.15, 0.2) is 0 Å². The predicted octanol–water partition coefficient (Wildman–Crippen LogP) is 1.04. The van der Waals surface area contributed by atoms with Gasteiger partial charge in [-0.3, -0.25) is 9.59 Å². The number of anilines is 1. The number of hydrogen-bond donors (Lipinski definition) is 1. The number of hydrogen-bond acceptors (Lipinski definition) is 4. The number of carbonyl (C=O) groups is 2. The van der Waals surface area contributed by atoms with Crippen LogP contribution >= 0.6 is 0 Å². The number of nitrogens with zero attached hydrogens (tertiary/aromatic N) is 2. The Balaban J connectivity index is 2.63. The van der Waals surface area contributed by atoms with E-state index in [0.717, 1.165) is 0 Å². The molecule has 0 aliphatic heterocycles. The molecule has 1 rings (SSSR count). The monoisotopic (exact) mass is 293 g/mol. The fraction of sp³-hybridized carbons (Fsp3) is 0.467. The van der Waals surface area contributed by atoms with Gasteiger partial charge >= 0.3 is 0 Å². The van der Waals surface area contributed by atoms with E-state index in [4.69, 9.17) is 4.74 Å². The Labute approximate surface area is 125 Å². The maximum atomic E-state index is 12.1. The molecule has 0 fully saturated rings. The Hall–Kier alpha value is -2.08. The Kier molecular flexibility index (Phi) is 6.68. The summed E-state index contributed by atoms with van der Waals surface area (Å²) in [7, 11) is 5.39. The third kappa shape index (κ3) is 5.83. The quantitative estimate of drug-likeness (QED) is 0.816. The molecule has 1 N–H and O–H groups in total. The Morgan fingerprint density at radius 3 is 2.43 bits per heavy atom. The minimum Gasteiger partial charge on any atom is -0.495 e. The van der Waals surface area contributed by atoms with Crippen molar-refractivity contribution >= 4 is 17.5 Å². The van der Waals surface area contributed by atoms with Crippen LogP contribution in [0.1, 0.15) is 6.92 Å². The second-order valence-corrected chi connectivity index (χ2v) is 4.99. The topological polar surface area (TPSA) is 61.9 Å². The zero-order valence-electron chi connectivity index (χ0n) is 13.0. The molecule has 0 saturated carbocycles. The lowest BCUT2D eigenvalue weighted by atomic mass is 10.3. The van der Waals surface area contributed by atoms with Gasteiger partial charge in [-0.1, -0.05) is 12.1 Å². The van der Waals surface area contributed by atoms with Crippen LogP contribution in [0.15, 0.2) is 24.3 Å². The normalized spacial score (nSPS) is 10.3. The lowest BCUT2D eigenvalue weighted by Crippen LogP contribution is -2.40. The van der Waals surface area contributed by atoms with Crippen LogP contribution in [-0.2, 0) is 9.59 Å². The lowest BCUT2D eigenvalue weighted by Gasteiger charge is -2.22. The highest BCUT2D eigenvalue weighted by Gasteiger charge is 2.14. The Morgan fingerprint density at radius 1 is 1.19 bits per heavy atom. The first kappa shape index (κ1) is 17.0. The highest BCUT2D eigenvalue weighted by atomic mass is 16.5. The van der Waals surface area contributed by atoms with Gasteiger partial charge in [0, 0.05) is 20.0 Å². The van der Waals surface area contributed by atoms with E-state index >= 15 is 0 Å². The second kappa shape index (κ2) is 8.26. The average Bonchev–Trinajstić information content (AvgIpc) is 2.43. The largest absolute Gasteiger partial charge is 0.495 e. The summed E-state index contributed by atoms with van der Waals surface area (Å²) in [5.74, 6) is 0.231. The molecular weight excluding hydrogens is 270 g/mol. The van der Waals surface area contributed by atoms with E-state index in [1.54, 1.807) is 19.2 Å². The molecule has 0 unspecified atom stereocenters. The van der Waals surface area contributed by atoms with Crippen molar-refractivity contribution in [2.75, 3.05) is 46.2 Å². The van der Waals surface area contributed by atoms with Crippen molar-refractivity contribution < 1.29 is 14.3 Å². The third-order valence-electron chi connectivity index (χ3n) is 2.98. The molecule has 21 heavy (non-hydrogen) atoms. The van der Waals surface area contributed by atoms with Crippen molar-refractivity contribution in [1.29, 1.82) is 0 Å². The summed E-state index contributed by atoms with van der Waals surface area (Å²) >= 11 is 0. The molecule has 0 bridgehead atoms. The van der Waals surface area contributed by atoms with Crippen molar-refractivity contribution in [2.45, 2.75) is 6.92 Å². The van der Waals surface area contributed by atoms with Crippen molar-refractivity contribution in [2.24, 2.45) is 0 Å². The number of likely N-dealkylation sites (N-methyl/N-ethyl adjacent to an activating group) is 1. The maximum Gasteiger partial charge on any atom is 0.244 e.